The summed E-state index contributed by atoms with van der Waals surface area (Å²) in [6, 6.07) is 2.18. The van der Waals surface area contributed by atoms with Gasteiger partial charge >= 0.3 is 0 Å². The summed E-state index contributed by atoms with van der Waals surface area (Å²) in [5.74, 6) is -1.10. The van der Waals surface area contributed by atoms with Gasteiger partial charge in [0.2, 0.25) is 0 Å². The molecule has 2 heterocycles. The number of hydrazine groups is 1. The Morgan fingerprint density at radius 2 is 2.30 bits per heavy atom. The number of nitrogens with one attached hydrogen (secondary N) is 2. The highest BCUT2D eigenvalue weighted by Gasteiger charge is 2.33. The van der Waals surface area contributed by atoms with Crippen molar-refractivity contribution in [1.29, 1.82) is 0 Å². The number of carbonyl (C=O) groups excluding carboxylic acids is 2. The van der Waals surface area contributed by atoms with Gasteiger partial charge in [0.05, 0.1) is 11.7 Å². The quantitative estimate of drug-likeness (QED) is 0.419. The first-order chi connectivity index (χ1) is 11.0. The van der Waals surface area contributed by atoms with E-state index in [9.17, 15) is 14.8 Å². The smallest absolute Gasteiger partial charge is 0.274 e. The average Bonchev–Trinajstić information content (AvgIpc) is 3.23. The molecule has 1 saturated carbocycles. The number of rotatable bonds is 5. The summed E-state index contributed by atoms with van der Waals surface area (Å²) in [5.41, 5.74) is 3.48. The van der Waals surface area contributed by atoms with Crippen molar-refractivity contribution in [3.05, 3.63) is 23.5 Å². The third kappa shape index (κ3) is 3.41. The molecule has 0 bridgehead atoms. The Bertz CT molecular complexity index is 667. The lowest BCUT2D eigenvalue weighted by Gasteiger charge is -2.25. The molecule has 1 unspecified atom stereocenters. The van der Waals surface area contributed by atoms with Crippen LogP contribution in [0.4, 0.5) is 0 Å². The summed E-state index contributed by atoms with van der Waals surface area (Å²) in [7, 11) is 0. The number of hydrogen-bond donors (Lipinski definition) is 3. The molecule has 1 aromatic heterocycles. The minimum absolute atomic E-state index is 0.00255. The van der Waals surface area contributed by atoms with Crippen molar-refractivity contribution in [2.75, 3.05) is 6.26 Å². The molecule has 23 heavy (non-hydrogen) atoms. The van der Waals surface area contributed by atoms with Gasteiger partial charge in [0.15, 0.2) is 0 Å². The maximum Gasteiger partial charge on any atom is 0.274 e. The van der Waals surface area contributed by atoms with E-state index in [4.69, 9.17) is 0 Å². The zero-order valence-corrected chi connectivity index (χ0v) is 13.8. The highest BCUT2D eigenvalue weighted by molar-refractivity contribution is 7.96. The average molecular weight is 337 g/mol. The lowest BCUT2D eigenvalue weighted by molar-refractivity contribution is -0.132. The first kappa shape index (κ1) is 16.0. The van der Waals surface area contributed by atoms with Crippen molar-refractivity contribution in [2.45, 2.75) is 38.3 Å². The van der Waals surface area contributed by atoms with Gasteiger partial charge in [0.25, 0.3) is 11.8 Å². The third-order valence-electron chi connectivity index (χ3n) is 3.85. The van der Waals surface area contributed by atoms with Crippen molar-refractivity contribution < 1.29 is 14.8 Å². The Hall–Kier alpha value is -1.84. The molecule has 1 aliphatic heterocycles. The Morgan fingerprint density at radius 3 is 2.96 bits per heavy atom. The SMILES string of the molecule is CSN(O)NC(=O)C1=C(c2ccn(C3CC3)n2)CC(C)NC1=O. The molecule has 0 aromatic carbocycles. The predicted octanol–water partition coefficient (Wildman–Crippen LogP) is 0.880. The topological polar surface area (TPSA) is 99.5 Å². The number of carbonyl (C=O) groups is 2. The van der Waals surface area contributed by atoms with Gasteiger partial charge in [-0.15, -0.1) is 0 Å². The van der Waals surface area contributed by atoms with E-state index in [0.29, 0.717) is 28.3 Å². The largest absolute Gasteiger partial charge is 0.349 e. The van der Waals surface area contributed by atoms with Crippen LogP contribution in [-0.4, -0.2) is 43.7 Å². The maximum absolute atomic E-state index is 12.3. The second-order valence-electron chi connectivity index (χ2n) is 5.74. The Labute approximate surface area is 138 Å². The van der Waals surface area contributed by atoms with Crippen LogP contribution in [0.25, 0.3) is 5.57 Å². The standard InChI is InChI=1S/C14H19N5O3S/c1-8-7-10(11-5-6-18(16-11)9-3-4-9)12(13(20)15-8)14(21)17-19(22)23-2/h5-6,8-9,22H,3-4,7H2,1-2H3,(H,15,20)(H,17,21). The van der Waals surface area contributed by atoms with E-state index in [-0.39, 0.29) is 11.6 Å². The number of amides is 2. The first-order valence-electron chi connectivity index (χ1n) is 7.43. The zero-order chi connectivity index (χ0) is 16.6. The van der Waals surface area contributed by atoms with Gasteiger partial charge in [-0.25, -0.2) is 0 Å². The van der Waals surface area contributed by atoms with Crippen LogP contribution in [-0.2, 0) is 9.59 Å². The van der Waals surface area contributed by atoms with E-state index >= 15 is 0 Å². The highest BCUT2D eigenvalue weighted by Crippen LogP contribution is 2.35. The molecule has 1 aliphatic carbocycles. The Morgan fingerprint density at radius 1 is 1.57 bits per heavy atom. The summed E-state index contributed by atoms with van der Waals surface area (Å²) in [6.45, 7) is 1.88. The van der Waals surface area contributed by atoms with Crippen LogP contribution in [0.5, 0.6) is 0 Å². The van der Waals surface area contributed by atoms with Crippen LogP contribution < -0.4 is 10.7 Å². The van der Waals surface area contributed by atoms with Crippen LogP contribution in [0.2, 0.25) is 0 Å². The van der Waals surface area contributed by atoms with Crippen LogP contribution >= 0.6 is 11.9 Å². The van der Waals surface area contributed by atoms with Gasteiger partial charge in [-0.2, -0.15) is 5.10 Å². The van der Waals surface area contributed by atoms with Gasteiger partial charge < -0.3 is 5.32 Å². The van der Waals surface area contributed by atoms with Gasteiger partial charge in [-0.3, -0.25) is 24.9 Å². The minimum atomic E-state index is -0.651. The van der Waals surface area contributed by atoms with Crippen molar-refractivity contribution in [1.82, 2.24) is 25.1 Å². The summed E-state index contributed by atoms with van der Waals surface area (Å²) in [6.07, 6.45) is 6.21. The second kappa shape index (κ2) is 6.34. The van der Waals surface area contributed by atoms with Crippen LogP contribution in [0.3, 0.4) is 0 Å². The van der Waals surface area contributed by atoms with E-state index in [1.165, 1.54) is 0 Å². The van der Waals surface area contributed by atoms with Crippen LogP contribution in [0.1, 0.15) is 37.9 Å². The lowest BCUT2D eigenvalue weighted by atomic mass is 9.93. The van der Waals surface area contributed by atoms with E-state index in [2.05, 4.69) is 15.8 Å². The van der Waals surface area contributed by atoms with Gasteiger partial charge in [-0.05, 0) is 48.8 Å². The highest BCUT2D eigenvalue weighted by atomic mass is 32.2. The molecule has 3 rings (SSSR count). The molecular formula is C14H19N5O3S. The molecule has 9 heteroatoms. The molecular weight excluding hydrogens is 318 g/mol. The normalized spacial score (nSPS) is 21.6. The Balaban J connectivity index is 1.95. The molecule has 2 amide bonds. The second-order valence-corrected chi connectivity index (χ2v) is 6.45. The molecule has 1 fully saturated rings. The monoisotopic (exact) mass is 337 g/mol. The summed E-state index contributed by atoms with van der Waals surface area (Å²) in [4.78, 5) is 24.6. The summed E-state index contributed by atoms with van der Waals surface area (Å²) in [5, 5.41) is 16.7. The Kier molecular flexibility index (Phi) is 4.42. The number of nitrogens with zero attached hydrogens (tertiary/aromatic N) is 3. The number of aromatic nitrogens is 2. The fraction of sp³-hybridized carbons (Fsp3) is 0.500. The predicted molar refractivity (Wildman–Crippen MR) is 84.9 cm³/mol. The summed E-state index contributed by atoms with van der Waals surface area (Å²) < 4.78 is 2.45. The lowest BCUT2D eigenvalue weighted by Crippen LogP contribution is -2.45. The molecule has 0 spiro atoms. The molecule has 1 aromatic rings. The first-order valence-corrected chi connectivity index (χ1v) is 8.61. The van der Waals surface area contributed by atoms with E-state index in [0.717, 1.165) is 24.8 Å². The minimum Gasteiger partial charge on any atom is -0.349 e. The number of hydrogen-bond acceptors (Lipinski definition) is 6. The molecule has 3 N–H and O–H groups in total. The molecule has 0 radical (unpaired) electrons. The third-order valence-corrected chi connectivity index (χ3v) is 4.29. The summed E-state index contributed by atoms with van der Waals surface area (Å²) >= 11 is 0.915. The van der Waals surface area contributed by atoms with Gasteiger partial charge in [0.1, 0.15) is 5.57 Å². The van der Waals surface area contributed by atoms with Crippen molar-refractivity contribution in [3.63, 3.8) is 0 Å². The van der Waals surface area contributed by atoms with Crippen molar-refractivity contribution in [2.24, 2.45) is 0 Å². The van der Waals surface area contributed by atoms with Gasteiger partial charge in [-0.1, -0.05) is 0 Å². The maximum atomic E-state index is 12.3. The van der Waals surface area contributed by atoms with E-state index in [1.54, 1.807) is 6.26 Å². The zero-order valence-electron chi connectivity index (χ0n) is 12.9. The molecule has 0 saturated heterocycles. The van der Waals surface area contributed by atoms with Crippen molar-refractivity contribution >= 4 is 29.3 Å². The van der Waals surface area contributed by atoms with Crippen molar-refractivity contribution in [3.8, 4) is 0 Å². The molecule has 2 aliphatic rings. The molecule has 1 atom stereocenters. The fourth-order valence-corrected chi connectivity index (χ4v) is 2.77. The van der Waals surface area contributed by atoms with E-state index < -0.39 is 11.8 Å². The fourth-order valence-electron chi connectivity index (χ4n) is 2.59. The molecule has 8 nitrogen and oxygen atoms in total. The van der Waals surface area contributed by atoms with Gasteiger partial charge in [0, 0.05) is 24.1 Å². The molecule has 124 valence electrons. The van der Waals surface area contributed by atoms with Crippen LogP contribution in [0.15, 0.2) is 17.8 Å². The van der Waals surface area contributed by atoms with Crippen LogP contribution in [0, 0.1) is 0 Å². The van der Waals surface area contributed by atoms with E-state index in [1.807, 2.05) is 23.9 Å².